The molecule has 0 heterocycles. The summed E-state index contributed by atoms with van der Waals surface area (Å²) in [6.07, 6.45) is 0.790. The minimum atomic E-state index is -0.164. The summed E-state index contributed by atoms with van der Waals surface area (Å²) in [4.78, 5) is 11.4. The summed E-state index contributed by atoms with van der Waals surface area (Å²) >= 11 is 0. The van der Waals surface area contributed by atoms with Crippen LogP contribution >= 0.6 is 0 Å². The lowest BCUT2D eigenvalue weighted by molar-refractivity contribution is -0.150. The molecule has 0 saturated heterocycles. The molecule has 0 amide bonds. The van der Waals surface area contributed by atoms with Crippen LogP contribution in [-0.2, 0) is 9.53 Å². The summed E-state index contributed by atoms with van der Waals surface area (Å²) in [6, 6.07) is -0.164. The maximum absolute atomic E-state index is 11.4. The molecule has 0 fully saturated rings. The third kappa shape index (κ3) is 5.64. The molecule has 13 heavy (non-hydrogen) atoms. The zero-order chi connectivity index (χ0) is 10.4. The van der Waals surface area contributed by atoms with E-state index < -0.39 is 0 Å². The maximum atomic E-state index is 11.4. The van der Waals surface area contributed by atoms with E-state index in [0.717, 1.165) is 6.42 Å². The second-order valence-corrected chi connectivity index (χ2v) is 3.96. The van der Waals surface area contributed by atoms with E-state index in [4.69, 9.17) is 4.74 Å². The molecule has 0 radical (unpaired) electrons. The molecule has 0 spiro atoms. The first kappa shape index (κ1) is 12.4. The standard InChI is InChI=1S/C10H21NO2/c1-7(2)6-9(11-5)10(12)13-8(3)4/h7-9,11H,6H2,1-5H3/t9-/m0/s1. The first-order valence-corrected chi connectivity index (χ1v) is 4.85. The minimum absolute atomic E-state index is 0.0319. The van der Waals surface area contributed by atoms with Gasteiger partial charge in [0.05, 0.1) is 6.10 Å². The molecule has 78 valence electrons. The Bertz CT molecular complexity index is 155. The fourth-order valence-corrected chi connectivity index (χ4v) is 1.12. The summed E-state index contributed by atoms with van der Waals surface area (Å²) in [5.74, 6) is 0.350. The van der Waals surface area contributed by atoms with Gasteiger partial charge >= 0.3 is 5.97 Å². The van der Waals surface area contributed by atoms with Gasteiger partial charge in [0.2, 0.25) is 0 Å². The molecule has 1 atom stereocenters. The lowest BCUT2D eigenvalue weighted by Crippen LogP contribution is -2.37. The Balaban J connectivity index is 3.99. The molecule has 0 aromatic heterocycles. The Morgan fingerprint density at radius 3 is 2.15 bits per heavy atom. The van der Waals surface area contributed by atoms with Gasteiger partial charge in [0.25, 0.3) is 0 Å². The number of hydrogen-bond donors (Lipinski definition) is 1. The summed E-state index contributed by atoms with van der Waals surface area (Å²) in [5.41, 5.74) is 0. The molecule has 0 aromatic carbocycles. The zero-order valence-corrected chi connectivity index (χ0v) is 9.26. The molecule has 0 unspecified atom stereocenters. The highest BCUT2D eigenvalue weighted by Crippen LogP contribution is 2.06. The molecular formula is C10H21NO2. The van der Waals surface area contributed by atoms with E-state index in [1.807, 2.05) is 13.8 Å². The summed E-state index contributed by atoms with van der Waals surface area (Å²) in [6.45, 7) is 7.90. The minimum Gasteiger partial charge on any atom is -0.462 e. The van der Waals surface area contributed by atoms with Gasteiger partial charge in [-0.15, -0.1) is 0 Å². The highest BCUT2D eigenvalue weighted by molar-refractivity contribution is 5.75. The first-order valence-electron chi connectivity index (χ1n) is 4.85. The highest BCUT2D eigenvalue weighted by Gasteiger charge is 2.19. The van der Waals surface area contributed by atoms with Crippen molar-refractivity contribution in [2.45, 2.75) is 46.3 Å². The van der Waals surface area contributed by atoms with E-state index in [1.54, 1.807) is 7.05 Å². The quantitative estimate of drug-likeness (QED) is 0.664. The Kier molecular flexibility index (Phi) is 5.71. The van der Waals surface area contributed by atoms with E-state index in [0.29, 0.717) is 5.92 Å². The number of carbonyl (C=O) groups excluding carboxylic acids is 1. The third-order valence-corrected chi connectivity index (χ3v) is 1.69. The molecule has 0 saturated carbocycles. The Labute approximate surface area is 80.8 Å². The smallest absolute Gasteiger partial charge is 0.323 e. The maximum Gasteiger partial charge on any atom is 0.323 e. The number of esters is 1. The number of rotatable bonds is 5. The van der Waals surface area contributed by atoms with E-state index >= 15 is 0 Å². The molecule has 0 aliphatic heterocycles. The Morgan fingerprint density at radius 2 is 1.85 bits per heavy atom. The second kappa shape index (κ2) is 5.97. The van der Waals surface area contributed by atoms with Gasteiger partial charge in [-0.3, -0.25) is 4.79 Å². The van der Waals surface area contributed by atoms with E-state index in [2.05, 4.69) is 19.2 Å². The van der Waals surface area contributed by atoms with Crippen LogP contribution in [0.5, 0.6) is 0 Å². The summed E-state index contributed by atoms with van der Waals surface area (Å²) in [7, 11) is 1.79. The lowest BCUT2D eigenvalue weighted by atomic mass is 10.0. The molecule has 0 bridgehead atoms. The van der Waals surface area contributed by atoms with Crippen LogP contribution in [0.2, 0.25) is 0 Å². The van der Waals surface area contributed by atoms with Gasteiger partial charge in [-0.2, -0.15) is 0 Å². The van der Waals surface area contributed by atoms with Gasteiger partial charge in [0, 0.05) is 0 Å². The molecular weight excluding hydrogens is 166 g/mol. The monoisotopic (exact) mass is 187 g/mol. The average Bonchev–Trinajstić information content (AvgIpc) is 1.98. The number of ether oxygens (including phenoxy) is 1. The van der Waals surface area contributed by atoms with E-state index in [9.17, 15) is 4.79 Å². The van der Waals surface area contributed by atoms with Crippen LogP contribution in [0, 0.1) is 5.92 Å². The largest absolute Gasteiger partial charge is 0.462 e. The van der Waals surface area contributed by atoms with Crippen LogP contribution in [0.1, 0.15) is 34.1 Å². The van der Waals surface area contributed by atoms with Crippen molar-refractivity contribution in [1.82, 2.24) is 5.32 Å². The molecule has 0 rings (SSSR count). The first-order chi connectivity index (χ1) is 5.97. The number of hydrogen-bond acceptors (Lipinski definition) is 3. The van der Waals surface area contributed by atoms with E-state index in [-0.39, 0.29) is 18.1 Å². The van der Waals surface area contributed by atoms with Crippen LogP contribution in [0.25, 0.3) is 0 Å². The Morgan fingerprint density at radius 1 is 1.31 bits per heavy atom. The molecule has 0 aliphatic rings. The van der Waals surface area contributed by atoms with Crippen molar-refractivity contribution in [2.24, 2.45) is 5.92 Å². The van der Waals surface area contributed by atoms with Crippen molar-refractivity contribution in [3.63, 3.8) is 0 Å². The molecule has 3 heteroatoms. The van der Waals surface area contributed by atoms with Crippen LogP contribution in [0.15, 0.2) is 0 Å². The van der Waals surface area contributed by atoms with Gasteiger partial charge in [-0.1, -0.05) is 13.8 Å². The zero-order valence-electron chi connectivity index (χ0n) is 9.26. The predicted octanol–water partition coefficient (Wildman–Crippen LogP) is 1.57. The van der Waals surface area contributed by atoms with Gasteiger partial charge in [0.1, 0.15) is 6.04 Å². The van der Waals surface area contributed by atoms with Crippen molar-refractivity contribution in [3.8, 4) is 0 Å². The van der Waals surface area contributed by atoms with Crippen molar-refractivity contribution in [2.75, 3.05) is 7.05 Å². The summed E-state index contributed by atoms with van der Waals surface area (Å²) in [5, 5.41) is 2.96. The normalized spacial score (nSPS) is 13.5. The molecule has 3 nitrogen and oxygen atoms in total. The SMILES string of the molecule is CN[C@@H](CC(C)C)C(=O)OC(C)C. The topological polar surface area (TPSA) is 38.3 Å². The fraction of sp³-hybridized carbons (Fsp3) is 0.900. The summed E-state index contributed by atoms with van der Waals surface area (Å²) < 4.78 is 5.10. The fourth-order valence-electron chi connectivity index (χ4n) is 1.12. The van der Waals surface area contributed by atoms with E-state index in [1.165, 1.54) is 0 Å². The molecule has 0 aliphatic carbocycles. The average molecular weight is 187 g/mol. The lowest BCUT2D eigenvalue weighted by Gasteiger charge is -2.18. The van der Waals surface area contributed by atoms with Gasteiger partial charge in [-0.05, 0) is 33.2 Å². The number of likely N-dealkylation sites (N-methyl/N-ethyl adjacent to an activating group) is 1. The van der Waals surface area contributed by atoms with Crippen LogP contribution < -0.4 is 5.32 Å². The predicted molar refractivity (Wildman–Crippen MR) is 53.5 cm³/mol. The van der Waals surface area contributed by atoms with Gasteiger partial charge < -0.3 is 10.1 Å². The van der Waals surface area contributed by atoms with Gasteiger partial charge in [0.15, 0.2) is 0 Å². The third-order valence-electron chi connectivity index (χ3n) is 1.69. The molecule has 0 aromatic rings. The van der Waals surface area contributed by atoms with Crippen molar-refractivity contribution in [1.29, 1.82) is 0 Å². The van der Waals surface area contributed by atoms with Crippen molar-refractivity contribution < 1.29 is 9.53 Å². The molecule has 1 N–H and O–H groups in total. The van der Waals surface area contributed by atoms with Gasteiger partial charge in [-0.25, -0.2) is 0 Å². The Hall–Kier alpha value is -0.570. The second-order valence-electron chi connectivity index (χ2n) is 3.96. The van der Waals surface area contributed by atoms with Crippen LogP contribution in [0.3, 0.4) is 0 Å². The van der Waals surface area contributed by atoms with Crippen LogP contribution in [-0.4, -0.2) is 25.2 Å². The number of nitrogens with one attached hydrogen (secondary N) is 1. The van der Waals surface area contributed by atoms with Crippen molar-refractivity contribution in [3.05, 3.63) is 0 Å². The van der Waals surface area contributed by atoms with Crippen LogP contribution in [0.4, 0.5) is 0 Å². The highest BCUT2D eigenvalue weighted by atomic mass is 16.5. The van der Waals surface area contributed by atoms with Crippen molar-refractivity contribution >= 4 is 5.97 Å². The number of carbonyl (C=O) groups is 1.